The molecule has 1 N–H and O–H groups in total. The number of carbonyl (C=O) groups is 3. The lowest BCUT2D eigenvalue weighted by Gasteiger charge is -2.26. The van der Waals surface area contributed by atoms with E-state index in [4.69, 9.17) is 0 Å². The van der Waals surface area contributed by atoms with E-state index in [0.717, 1.165) is 31.2 Å². The van der Waals surface area contributed by atoms with Gasteiger partial charge < -0.3 is 10.0 Å². The van der Waals surface area contributed by atoms with Crippen LogP contribution in [-0.2, 0) is 9.59 Å². The van der Waals surface area contributed by atoms with Crippen LogP contribution < -0.4 is 0 Å². The van der Waals surface area contributed by atoms with E-state index in [9.17, 15) is 19.5 Å². The summed E-state index contributed by atoms with van der Waals surface area (Å²) in [5.74, 6) is -1.66. The van der Waals surface area contributed by atoms with Gasteiger partial charge in [0.1, 0.15) is 6.04 Å². The van der Waals surface area contributed by atoms with Crippen LogP contribution in [0.4, 0.5) is 0 Å². The molecule has 5 nitrogen and oxygen atoms in total. The maximum atomic E-state index is 13.1. The van der Waals surface area contributed by atoms with E-state index in [-0.39, 0.29) is 23.5 Å². The summed E-state index contributed by atoms with van der Waals surface area (Å²) >= 11 is 0. The Kier molecular flexibility index (Phi) is 3.48. The molecule has 2 unspecified atom stereocenters. The molecule has 1 saturated heterocycles. The molecular formula is C19H21NO4. The third-order valence-corrected chi connectivity index (χ3v) is 6.06. The zero-order chi connectivity index (χ0) is 16.9. The molecule has 24 heavy (non-hydrogen) atoms. The lowest BCUT2D eigenvalue weighted by molar-refractivity contribution is -0.148. The molecule has 4 rings (SSSR count). The molecule has 0 radical (unpaired) electrons. The number of likely N-dealkylation sites (tertiary alicyclic amines) is 1. The molecule has 0 bridgehead atoms. The summed E-state index contributed by atoms with van der Waals surface area (Å²) in [6.07, 6.45) is 4.93. The number of carbonyl (C=O) groups excluding carboxylic acids is 2. The molecule has 5 heteroatoms. The highest BCUT2D eigenvalue weighted by Gasteiger charge is 2.51. The Labute approximate surface area is 140 Å². The van der Waals surface area contributed by atoms with Gasteiger partial charge in [-0.15, -0.1) is 0 Å². The number of ketones is 1. The Bertz CT molecular complexity index is 720. The van der Waals surface area contributed by atoms with Crippen molar-refractivity contribution in [2.45, 2.75) is 50.5 Å². The Morgan fingerprint density at radius 1 is 1.17 bits per heavy atom. The molecule has 0 aromatic heterocycles. The summed E-state index contributed by atoms with van der Waals surface area (Å²) in [6, 6.07) is 6.45. The van der Waals surface area contributed by atoms with Gasteiger partial charge in [0.15, 0.2) is 5.78 Å². The number of carboxylic acid groups (broad SMARTS) is 1. The number of carboxylic acids is 1. The SMILES string of the molecule is O=C1CC(C(=O)N2CC3(CCCC3)CC2C(=O)O)c2ccccc21. The monoisotopic (exact) mass is 327 g/mol. The highest BCUT2D eigenvalue weighted by molar-refractivity contribution is 6.07. The van der Waals surface area contributed by atoms with Crippen LogP contribution in [0.15, 0.2) is 24.3 Å². The molecular weight excluding hydrogens is 306 g/mol. The van der Waals surface area contributed by atoms with Crippen LogP contribution in [0.1, 0.15) is 60.4 Å². The van der Waals surface area contributed by atoms with Gasteiger partial charge in [-0.25, -0.2) is 4.79 Å². The van der Waals surface area contributed by atoms with Crippen molar-refractivity contribution in [2.24, 2.45) is 5.41 Å². The molecule has 2 aliphatic carbocycles. The Morgan fingerprint density at radius 2 is 1.88 bits per heavy atom. The van der Waals surface area contributed by atoms with Crippen molar-refractivity contribution < 1.29 is 19.5 Å². The number of fused-ring (bicyclic) bond motifs is 1. The predicted octanol–water partition coefficient (Wildman–Crippen LogP) is 2.60. The summed E-state index contributed by atoms with van der Waals surface area (Å²) in [5.41, 5.74) is 1.34. The summed E-state index contributed by atoms with van der Waals surface area (Å²) in [4.78, 5) is 38.6. The number of rotatable bonds is 2. The lowest BCUT2D eigenvalue weighted by atomic mass is 9.84. The van der Waals surface area contributed by atoms with E-state index >= 15 is 0 Å². The lowest BCUT2D eigenvalue weighted by Crippen LogP contribution is -2.43. The minimum absolute atomic E-state index is 0.0226. The normalized spacial score (nSPS) is 27.7. The molecule has 1 spiro atoms. The molecule has 1 aliphatic heterocycles. The first-order valence-electron chi connectivity index (χ1n) is 8.66. The van der Waals surface area contributed by atoms with Gasteiger partial charge in [0.25, 0.3) is 0 Å². The maximum absolute atomic E-state index is 13.1. The average molecular weight is 327 g/mol. The van der Waals surface area contributed by atoms with Crippen molar-refractivity contribution in [3.8, 4) is 0 Å². The largest absolute Gasteiger partial charge is 0.480 e. The fraction of sp³-hybridized carbons (Fsp3) is 0.526. The topological polar surface area (TPSA) is 74.7 Å². The van der Waals surface area contributed by atoms with Crippen LogP contribution in [0.3, 0.4) is 0 Å². The minimum atomic E-state index is -0.926. The van der Waals surface area contributed by atoms with Gasteiger partial charge in [0, 0.05) is 18.5 Å². The molecule has 3 aliphatic rings. The summed E-state index contributed by atoms with van der Waals surface area (Å²) < 4.78 is 0. The third-order valence-electron chi connectivity index (χ3n) is 6.06. The van der Waals surface area contributed by atoms with Gasteiger partial charge >= 0.3 is 5.97 Å². The van der Waals surface area contributed by atoms with Gasteiger partial charge in [-0.1, -0.05) is 37.1 Å². The number of amides is 1. The van der Waals surface area contributed by atoms with Crippen molar-refractivity contribution in [2.75, 3.05) is 6.54 Å². The molecule has 2 atom stereocenters. The van der Waals surface area contributed by atoms with Crippen LogP contribution in [0.2, 0.25) is 0 Å². The molecule has 1 aromatic carbocycles. The van der Waals surface area contributed by atoms with Crippen LogP contribution >= 0.6 is 0 Å². The predicted molar refractivity (Wildman–Crippen MR) is 86.8 cm³/mol. The Hall–Kier alpha value is -2.17. The van der Waals surface area contributed by atoms with Crippen molar-refractivity contribution in [3.05, 3.63) is 35.4 Å². The molecule has 126 valence electrons. The van der Waals surface area contributed by atoms with Crippen molar-refractivity contribution in [3.63, 3.8) is 0 Å². The minimum Gasteiger partial charge on any atom is -0.480 e. The van der Waals surface area contributed by atoms with E-state index in [1.807, 2.05) is 12.1 Å². The quantitative estimate of drug-likeness (QED) is 0.906. The van der Waals surface area contributed by atoms with Crippen LogP contribution in [0.25, 0.3) is 0 Å². The second-order valence-electron chi connectivity index (χ2n) is 7.50. The van der Waals surface area contributed by atoms with Crippen LogP contribution in [0, 0.1) is 5.41 Å². The third kappa shape index (κ3) is 2.26. The van der Waals surface area contributed by atoms with Crippen LogP contribution in [-0.4, -0.2) is 40.3 Å². The molecule has 2 fully saturated rings. The second kappa shape index (κ2) is 5.43. The van der Waals surface area contributed by atoms with E-state index in [1.54, 1.807) is 17.0 Å². The van der Waals surface area contributed by atoms with Gasteiger partial charge in [0.05, 0.1) is 5.92 Å². The van der Waals surface area contributed by atoms with E-state index < -0.39 is 17.9 Å². The number of nitrogens with zero attached hydrogens (tertiary/aromatic N) is 1. The van der Waals surface area contributed by atoms with Crippen LogP contribution in [0.5, 0.6) is 0 Å². The number of hydrogen-bond donors (Lipinski definition) is 1. The number of Topliss-reactive ketones (excluding diaryl/α,β-unsaturated/α-hetero) is 1. The molecule has 1 saturated carbocycles. The number of aliphatic carboxylic acids is 1. The first-order chi connectivity index (χ1) is 11.5. The standard InChI is InChI=1S/C19H21NO4/c21-16-9-14(12-5-1-2-6-13(12)16)17(22)20-11-19(7-3-4-8-19)10-15(20)18(23)24/h1-2,5-6,14-15H,3-4,7-11H2,(H,23,24). The van der Waals surface area contributed by atoms with Gasteiger partial charge in [-0.2, -0.15) is 0 Å². The zero-order valence-corrected chi connectivity index (χ0v) is 13.5. The summed E-state index contributed by atoms with van der Waals surface area (Å²) in [5, 5.41) is 9.61. The molecule has 1 heterocycles. The Balaban J connectivity index is 1.64. The van der Waals surface area contributed by atoms with E-state index in [0.29, 0.717) is 18.5 Å². The summed E-state index contributed by atoms with van der Waals surface area (Å²) in [6.45, 7) is 0.523. The second-order valence-corrected chi connectivity index (χ2v) is 7.50. The summed E-state index contributed by atoms with van der Waals surface area (Å²) in [7, 11) is 0. The maximum Gasteiger partial charge on any atom is 0.326 e. The number of benzene rings is 1. The highest BCUT2D eigenvalue weighted by Crippen LogP contribution is 2.49. The van der Waals surface area contributed by atoms with Crippen molar-refractivity contribution in [1.29, 1.82) is 0 Å². The van der Waals surface area contributed by atoms with Crippen molar-refractivity contribution >= 4 is 17.7 Å². The zero-order valence-electron chi connectivity index (χ0n) is 13.5. The van der Waals surface area contributed by atoms with Gasteiger partial charge in [0.2, 0.25) is 5.91 Å². The first kappa shape index (κ1) is 15.4. The highest BCUT2D eigenvalue weighted by atomic mass is 16.4. The fourth-order valence-electron chi connectivity index (χ4n) is 4.88. The Morgan fingerprint density at radius 3 is 2.58 bits per heavy atom. The van der Waals surface area contributed by atoms with E-state index in [2.05, 4.69) is 0 Å². The van der Waals surface area contributed by atoms with E-state index in [1.165, 1.54) is 0 Å². The first-order valence-corrected chi connectivity index (χ1v) is 8.66. The fourth-order valence-corrected chi connectivity index (χ4v) is 4.88. The average Bonchev–Trinajstić information content (AvgIpc) is 3.27. The van der Waals surface area contributed by atoms with Gasteiger partial charge in [-0.05, 0) is 30.2 Å². The number of hydrogen-bond acceptors (Lipinski definition) is 3. The van der Waals surface area contributed by atoms with Crippen molar-refractivity contribution in [1.82, 2.24) is 4.90 Å². The smallest absolute Gasteiger partial charge is 0.326 e. The van der Waals surface area contributed by atoms with Gasteiger partial charge in [-0.3, -0.25) is 9.59 Å². The molecule has 1 amide bonds. The molecule has 1 aromatic rings.